The van der Waals surface area contributed by atoms with E-state index in [4.69, 9.17) is 4.74 Å². The van der Waals surface area contributed by atoms with E-state index in [1.54, 1.807) is 12.2 Å². The van der Waals surface area contributed by atoms with Gasteiger partial charge in [-0.1, -0.05) is 13.8 Å². The third kappa shape index (κ3) is 3.21. The number of hydrogen-bond donors (Lipinski definition) is 0. The Morgan fingerprint density at radius 3 is 2.18 bits per heavy atom. The molecule has 0 aliphatic heterocycles. The minimum atomic E-state index is -0.233. The Hall–Kier alpha value is -0.790. The summed E-state index contributed by atoms with van der Waals surface area (Å²) >= 11 is 0. The van der Waals surface area contributed by atoms with Gasteiger partial charge in [0.05, 0.1) is 7.11 Å². The van der Waals surface area contributed by atoms with Crippen LogP contribution >= 0.6 is 0 Å². The van der Waals surface area contributed by atoms with Gasteiger partial charge >= 0.3 is 0 Å². The van der Waals surface area contributed by atoms with Crippen molar-refractivity contribution < 1.29 is 9.13 Å². The Labute approximate surface area is 67.6 Å². The molecule has 64 valence electrons. The van der Waals surface area contributed by atoms with E-state index in [0.29, 0.717) is 5.76 Å². The Morgan fingerprint density at radius 2 is 1.82 bits per heavy atom. The number of ether oxygens (including phenoxy) is 1. The molecule has 0 radical (unpaired) electrons. The maximum atomic E-state index is 12.5. The summed E-state index contributed by atoms with van der Waals surface area (Å²) < 4.78 is 17.2. The molecule has 1 nitrogen and oxygen atoms in total. The first-order valence-electron chi connectivity index (χ1n) is 3.95. The topological polar surface area (TPSA) is 9.23 Å². The molecule has 0 atom stereocenters. The van der Waals surface area contributed by atoms with Crippen LogP contribution < -0.4 is 0 Å². The first-order chi connectivity index (χ1) is 5.34. The van der Waals surface area contributed by atoms with Gasteiger partial charge in [0.15, 0.2) is 5.83 Å². The molecular formula is C9H15FO. The molecule has 0 bridgehead atoms. The summed E-state index contributed by atoms with van der Waals surface area (Å²) in [6.07, 6.45) is 4.98. The summed E-state index contributed by atoms with van der Waals surface area (Å²) in [6.45, 7) is 4.00. The molecule has 1 aliphatic rings. The molecule has 1 rings (SSSR count). The van der Waals surface area contributed by atoms with E-state index in [0.717, 1.165) is 12.8 Å². The highest BCUT2D eigenvalue weighted by Gasteiger charge is 2.06. The minimum absolute atomic E-state index is 0.233. The van der Waals surface area contributed by atoms with Gasteiger partial charge in [-0.25, -0.2) is 4.39 Å². The van der Waals surface area contributed by atoms with E-state index < -0.39 is 0 Å². The summed E-state index contributed by atoms with van der Waals surface area (Å²) in [6, 6.07) is 0. The van der Waals surface area contributed by atoms with Gasteiger partial charge in [-0.05, 0) is 25.0 Å². The van der Waals surface area contributed by atoms with E-state index >= 15 is 0 Å². The Balaban J connectivity index is 0.000000461. The van der Waals surface area contributed by atoms with E-state index in [2.05, 4.69) is 0 Å². The van der Waals surface area contributed by atoms with Crippen LogP contribution in [-0.2, 0) is 4.74 Å². The average molecular weight is 158 g/mol. The van der Waals surface area contributed by atoms with Crippen molar-refractivity contribution in [1.82, 2.24) is 0 Å². The molecule has 0 N–H and O–H groups in total. The fourth-order valence-electron chi connectivity index (χ4n) is 0.803. The lowest BCUT2D eigenvalue weighted by atomic mass is 10.1. The van der Waals surface area contributed by atoms with Gasteiger partial charge < -0.3 is 4.74 Å². The van der Waals surface area contributed by atoms with E-state index in [1.165, 1.54) is 7.11 Å². The van der Waals surface area contributed by atoms with E-state index in [-0.39, 0.29) is 5.83 Å². The molecule has 0 aromatic rings. The van der Waals surface area contributed by atoms with Crippen molar-refractivity contribution in [3.8, 4) is 0 Å². The number of allylic oxidation sites excluding steroid dienone is 3. The Morgan fingerprint density at radius 1 is 1.27 bits per heavy atom. The molecule has 11 heavy (non-hydrogen) atoms. The number of methoxy groups -OCH3 is 1. The third-order valence-corrected chi connectivity index (χ3v) is 1.28. The zero-order valence-electron chi connectivity index (χ0n) is 7.36. The lowest BCUT2D eigenvalue weighted by Gasteiger charge is -2.06. The van der Waals surface area contributed by atoms with Crippen molar-refractivity contribution in [2.45, 2.75) is 26.7 Å². The molecular weight excluding hydrogens is 143 g/mol. The molecule has 0 saturated heterocycles. The van der Waals surface area contributed by atoms with E-state index in [1.807, 2.05) is 13.8 Å². The van der Waals surface area contributed by atoms with Crippen LogP contribution in [0.3, 0.4) is 0 Å². The second-order valence-corrected chi connectivity index (χ2v) is 1.90. The van der Waals surface area contributed by atoms with Crippen molar-refractivity contribution in [1.29, 1.82) is 0 Å². The van der Waals surface area contributed by atoms with Gasteiger partial charge in [0.2, 0.25) is 0 Å². The molecule has 0 unspecified atom stereocenters. The zero-order valence-corrected chi connectivity index (χ0v) is 7.36. The molecule has 0 heterocycles. The molecule has 0 saturated carbocycles. The first kappa shape index (κ1) is 10.2. The molecule has 0 fully saturated rings. The zero-order chi connectivity index (χ0) is 8.69. The van der Waals surface area contributed by atoms with Crippen LogP contribution in [0.2, 0.25) is 0 Å². The molecule has 1 aliphatic carbocycles. The van der Waals surface area contributed by atoms with Crippen molar-refractivity contribution in [2.24, 2.45) is 0 Å². The summed E-state index contributed by atoms with van der Waals surface area (Å²) in [7, 11) is 1.48. The molecule has 2 heteroatoms. The van der Waals surface area contributed by atoms with Gasteiger partial charge in [0.25, 0.3) is 0 Å². The molecule has 0 spiro atoms. The first-order valence-corrected chi connectivity index (χ1v) is 3.95. The highest BCUT2D eigenvalue weighted by atomic mass is 19.1. The van der Waals surface area contributed by atoms with Gasteiger partial charge in [0.1, 0.15) is 5.76 Å². The average Bonchev–Trinajstić information content (AvgIpc) is 2.09. The highest BCUT2D eigenvalue weighted by molar-refractivity contribution is 5.22. The monoisotopic (exact) mass is 158 g/mol. The minimum Gasteiger partial charge on any atom is -0.494 e. The number of halogens is 1. The number of rotatable bonds is 1. The van der Waals surface area contributed by atoms with Crippen molar-refractivity contribution >= 4 is 0 Å². The lowest BCUT2D eigenvalue weighted by molar-refractivity contribution is 0.279. The van der Waals surface area contributed by atoms with Crippen molar-refractivity contribution in [3.05, 3.63) is 23.7 Å². The van der Waals surface area contributed by atoms with Crippen molar-refractivity contribution in [3.63, 3.8) is 0 Å². The van der Waals surface area contributed by atoms with Gasteiger partial charge in [0, 0.05) is 0 Å². The van der Waals surface area contributed by atoms with Crippen molar-refractivity contribution in [2.75, 3.05) is 7.11 Å². The molecule has 0 aromatic carbocycles. The second-order valence-electron chi connectivity index (χ2n) is 1.90. The third-order valence-electron chi connectivity index (χ3n) is 1.28. The molecule has 0 amide bonds. The summed E-state index contributed by atoms with van der Waals surface area (Å²) in [5.74, 6) is 0.144. The summed E-state index contributed by atoms with van der Waals surface area (Å²) in [5.41, 5.74) is 0. The predicted molar refractivity (Wildman–Crippen MR) is 44.9 cm³/mol. The van der Waals surface area contributed by atoms with Crippen LogP contribution in [0.15, 0.2) is 23.7 Å². The van der Waals surface area contributed by atoms with E-state index in [9.17, 15) is 4.39 Å². The SMILES string of the molecule is CC.COC1=CCCC=C1F. The van der Waals surface area contributed by atoms with Gasteiger partial charge in [-0.15, -0.1) is 0 Å². The smallest absolute Gasteiger partial charge is 0.160 e. The van der Waals surface area contributed by atoms with Crippen LogP contribution in [0.4, 0.5) is 4.39 Å². The quantitative estimate of drug-likeness (QED) is 0.569. The fourth-order valence-corrected chi connectivity index (χ4v) is 0.803. The van der Waals surface area contributed by atoms with Crippen LogP contribution in [0.5, 0.6) is 0 Å². The van der Waals surface area contributed by atoms with Crippen LogP contribution in [0.25, 0.3) is 0 Å². The summed E-state index contributed by atoms with van der Waals surface area (Å²) in [4.78, 5) is 0. The van der Waals surface area contributed by atoms with Crippen LogP contribution in [-0.4, -0.2) is 7.11 Å². The Kier molecular flexibility index (Phi) is 5.53. The largest absolute Gasteiger partial charge is 0.494 e. The molecule has 0 aromatic heterocycles. The second kappa shape index (κ2) is 5.96. The highest BCUT2D eigenvalue weighted by Crippen LogP contribution is 2.19. The number of hydrogen-bond acceptors (Lipinski definition) is 1. The summed E-state index contributed by atoms with van der Waals surface area (Å²) in [5, 5.41) is 0. The predicted octanol–water partition coefficient (Wildman–Crippen LogP) is 3.19. The maximum absolute atomic E-state index is 12.5. The van der Waals surface area contributed by atoms with Crippen LogP contribution in [0.1, 0.15) is 26.7 Å². The maximum Gasteiger partial charge on any atom is 0.160 e. The van der Waals surface area contributed by atoms with Gasteiger partial charge in [-0.3, -0.25) is 0 Å². The van der Waals surface area contributed by atoms with Crippen LogP contribution in [0, 0.1) is 0 Å². The normalized spacial score (nSPS) is 15.6. The fraction of sp³-hybridized carbons (Fsp3) is 0.556. The van der Waals surface area contributed by atoms with Gasteiger partial charge in [-0.2, -0.15) is 0 Å². The Bertz CT molecular complexity index is 159. The lowest BCUT2D eigenvalue weighted by Crippen LogP contribution is -1.91. The standard InChI is InChI=1S/C7H9FO.C2H6/c1-9-7-5-3-2-4-6(7)8;1-2/h4-5H,2-3H2,1H3;1-2H3.